The minimum absolute atomic E-state index is 0.0160. The number of furan rings is 1. The van der Waals surface area contributed by atoms with Crippen LogP contribution in [-0.4, -0.2) is 14.5 Å². The number of nitrogens with zero attached hydrogens (tertiary/aromatic N) is 3. The number of imidazole rings is 1. The highest BCUT2D eigenvalue weighted by molar-refractivity contribution is 6.09. The van der Waals surface area contributed by atoms with Crippen LogP contribution >= 0.6 is 0 Å². The summed E-state index contributed by atoms with van der Waals surface area (Å²) in [5, 5.41) is 2.10. The van der Waals surface area contributed by atoms with Crippen molar-refractivity contribution >= 4 is 43.7 Å². The van der Waals surface area contributed by atoms with Crippen LogP contribution in [0.5, 0.6) is 0 Å². The Morgan fingerprint density at radius 1 is 0.714 bits per heavy atom. The number of fused-ring (bicyclic) bond motifs is 5. The molecule has 7 rings (SSSR count). The molecule has 0 saturated carbocycles. The Balaban J connectivity index is 1.60. The van der Waals surface area contributed by atoms with E-state index < -0.39 is 17.7 Å². The molecule has 0 unspecified atom stereocenters. The fourth-order valence-electron chi connectivity index (χ4n) is 4.73. The van der Waals surface area contributed by atoms with Crippen LogP contribution in [0.2, 0.25) is 0 Å². The fraction of sp³-hybridized carbons (Fsp3) is 0. The summed E-state index contributed by atoms with van der Waals surface area (Å²) >= 11 is 0. The van der Waals surface area contributed by atoms with Gasteiger partial charge in [0.25, 0.3) is 5.95 Å². The minimum Gasteiger partial charge on any atom is -0.450 e. The molecule has 4 aromatic carbocycles. The predicted octanol–water partition coefficient (Wildman–Crippen LogP) is 7.56. The number of benzene rings is 4. The Morgan fingerprint density at radius 2 is 1.51 bits per heavy atom. The van der Waals surface area contributed by atoms with Crippen LogP contribution in [0.3, 0.4) is 0 Å². The Labute approximate surface area is 195 Å². The van der Waals surface area contributed by atoms with Gasteiger partial charge in [0.2, 0.25) is 5.95 Å². The van der Waals surface area contributed by atoms with Crippen molar-refractivity contribution in [1.82, 2.24) is 14.5 Å². The van der Waals surface area contributed by atoms with E-state index in [2.05, 4.69) is 4.98 Å². The molecule has 3 aromatic heterocycles. The van der Waals surface area contributed by atoms with E-state index in [0.29, 0.717) is 11.4 Å². The van der Waals surface area contributed by atoms with Gasteiger partial charge in [0.05, 0.1) is 22.0 Å². The third-order valence-electron chi connectivity index (χ3n) is 6.27. The van der Waals surface area contributed by atoms with Crippen molar-refractivity contribution < 1.29 is 17.6 Å². The number of aromatic nitrogens is 3. The van der Waals surface area contributed by atoms with Crippen LogP contribution in [0, 0.1) is 17.7 Å². The molecule has 0 amide bonds. The predicted molar refractivity (Wildman–Crippen MR) is 129 cm³/mol. The van der Waals surface area contributed by atoms with Gasteiger partial charge < -0.3 is 4.42 Å². The first-order valence-corrected chi connectivity index (χ1v) is 10.9. The highest BCUT2D eigenvalue weighted by Crippen LogP contribution is 2.39. The number of halogens is 3. The molecule has 4 nitrogen and oxygen atoms in total. The second-order valence-corrected chi connectivity index (χ2v) is 8.30. The molecule has 168 valence electrons. The van der Waals surface area contributed by atoms with Crippen molar-refractivity contribution in [2.24, 2.45) is 0 Å². The second-order valence-electron chi connectivity index (χ2n) is 8.30. The van der Waals surface area contributed by atoms with Crippen LogP contribution < -0.4 is 0 Å². The van der Waals surface area contributed by atoms with Gasteiger partial charge in [-0.05, 0) is 47.2 Å². The average Bonchev–Trinajstić information content (AvgIpc) is 3.44. The molecular formula is C28H14F3N3O. The lowest BCUT2D eigenvalue weighted by Gasteiger charge is -2.11. The Hall–Kier alpha value is -4.65. The third kappa shape index (κ3) is 2.88. The molecule has 0 spiro atoms. The van der Waals surface area contributed by atoms with E-state index in [1.807, 2.05) is 71.3 Å². The zero-order chi connectivity index (χ0) is 23.7. The molecule has 0 aliphatic rings. The lowest BCUT2D eigenvalue weighted by molar-refractivity contribution is 0.503. The van der Waals surface area contributed by atoms with Crippen molar-refractivity contribution in [2.45, 2.75) is 0 Å². The molecule has 3 heterocycles. The van der Waals surface area contributed by atoms with Crippen molar-refractivity contribution in [3.8, 4) is 17.1 Å². The molecular weight excluding hydrogens is 451 g/mol. The van der Waals surface area contributed by atoms with Crippen LogP contribution in [0.1, 0.15) is 0 Å². The zero-order valence-corrected chi connectivity index (χ0v) is 18.0. The molecule has 0 aliphatic heterocycles. The summed E-state index contributed by atoms with van der Waals surface area (Å²) in [6.07, 6.45) is 0. The normalized spacial score (nSPS) is 11.9. The maximum atomic E-state index is 15.0. The van der Waals surface area contributed by atoms with Crippen LogP contribution in [-0.2, 0) is 0 Å². The van der Waals surface area contributed by atoms with Gasteiger partial charge in [0, 0.05) is 17.1 Å². The first-order valence-electron chi connectivity index (χ1n) is 10.9. The molecule has 0 bridgehead atoms. The molecule has 0 radical (unpaired) electrons. The minimum atomic E-state index is -1.13. The molecule has 0 N–H and O–H groups in total. The quantitative estimate of drug-likeness (QED) is 0.248. The van der Waals surface area contributed by atoms with E-state index in [9.17, 15) is 13.2 Å². The number of hydrogen-bond acceptors (Lipinski definition) is 3. The zero-order valence-electron chi connectivity index (χ0n) is 18.0. The number of para-hydroxylation sites is 2. The van der Waals surface area contributed by atoms with E-state index in [4.69, 9.17) is 9.40 Å². The van der Waals surface area contributed by atoms with Crippen LogP contribution in [0.4, 0.5) is 13.2 Å². The summed E-state index contributed by atoms with van der Waals surface area (Å²) in [5.41, 5.74) is 2.62. The van der Waals surface area contributed by atoms with Gasteiger partial charge >= 0.3 is 0 Å². The molecule has 7 heteroatoms. The topological polar surface area (TPSA) is 43.9 Å². The second kappa shape index (κ2) is 7.17. The van der Waals surface area contributed by atoms with Crippen molar-refractivity contribution in [3.63, 3.8) is 0 Å². The van der Waals surface area contributed by atoms with E-state index in [1.54, 1.807) is 6.07 Å². The van der Waals surface area contributed by atoms with E-state index in [1.165, 1.54) is 6.07 Å². The van der Waals surface area contributed by atoms with Crippen LogP contribution in [0.25, 0.3) is 60.8 Å². The Kier molecular flexibility index (Phi) is 4.05. The largest absolute Gasteiger partial charge is 0.450 e. The third-order valence-corrected chi connectivity index (χ3v) is 6.27. The van der Waals surface area contributed by atoms with Gasteiger partial charge in [-0.2, -0.15) is 13.8 Å². The Bertz CT molecular complexity index is 1950. The molecule has 0 saturated heterocycles. The number of rotatable bonds is 2. The molecule has 0 fully saturated rings. The molecule has 0 atom stereocenters. The molecule has 35 heavy (non-hydrogen) atoms. The molecule has 7 aromatic rings. The Morgan fingerprint density at radius 3 is 2.40 bits per heavy atom. The number of hydrogen-bond donors (Lipinski definition) is 0. The van der Waals surface area contributed by atoms with Crippen molar-refractivity contribution in [2.75, 3.05) is 0 Å². The summed E-state index contributed by atoms with van der Waals surface area (Å²) in [4.78, 5) is 8.01. The highest BCUT2D eigenvalue weighted by Gasteiger charge is 2.24. The van der Waals surface area contributed by atoms with E-state index in [-0.39, 0.29) is 21.9 Å². The maximum Gasteiger partial charge on any atom is 0.259 e. The lowest BCUT2D eigenvalue weighted by Crippen LogP contribution is -1.98. The summed E-state index contributed by atoms with van der Waals surface area (Å²) in [6.45, 7) is 0. The van der Waals surface area contributed by atoms with Crippen molar-refractivity contribution in [3.05, 3.63) is 103 Å². The molecule has 0 aliphatic carbocycles. The fourth-order valence-corrected chi connectivity index (χ4v) is 4.73. The first-order chi connectivity index (χ1) is 17.1. The summed E-state index contributed by atoms with van der Waals surface area (Å²) < 4.78 is 51.0. The summed E-state index contributed by atoms with van der Waals surface area (Å²) in [6, 6.07) is 25.5. The average molecular weight is 465 g/mol. The van der Waals surface area contributed by atoms with E-state index in [0.717, 1.165) is 33.6 Å². The highest BCUT2D eigenvalue weighted by atomic mass is 19.1. The SMILES string of the molecule is Fc1cc2c(oc3c(-c4nc5ccccc5n4-c4ccc5ccccc5c4)ccc(F)c32)c(F)n1. The van der Waals surface area contributed by atoms with Gasteiger partial charge in [-0.15, -0.1) is 0 Å². The van der Waals surface area contributed by atoms with Gasteiger partial charge in [-0.3, -0.25) is 4.57 Å². The summed E-state index contributed by atoms with van der Waals surface area (Å²) in [7, 11) is 0. The first kappa shape index (κ1) is 19.8. The monoisotopic (exact) mass is 465 g/mol. The smallest absolute Gasteiger partial charge is 0.259 e. The van der Waals surface area contributed by atoms with Gasteiger partial charge in [-0.25, -0.2) is 9.37 Å². The van der Waals surface area contributed by atoms with E-state index >= 15 is 0 Å². The van der Waals surface area contributed by atoms with Gasteiger partial charge in [0.15, 0.2) is 5.58 Å². The maximum absolute atomic E-state index is 15.0. The van der Waals surface area contributed by atoms with Crippen LogP contribution in [0.15, 0.2) is 89.3 Å². The van der Waals surface area contributed by atoms with Gasteiger partial charge in [-0.1, -0.05) is 42.5 Å². The van der Waals surface area contributed by atoms with Gasteiger partial charge in [0.1, 0.15) is 17.2 Å². The standard InChI is InChI=1S/C28H14F3N3O/c29-20-12-11-18(25-24(20)19-14-23(30)33-27(31)26(19)35-25)28-32-21-7-3-4-8-22(21)34(28)17-10-9-15-5-1-2-6-16(15)13-17/h1-14H. The summed E-state index contributed by atoms with van der Waals surface area (Å²) in [5.74, 6) is -2.35. The lowest BCUT2D eigenvalue weighted by atomic mass is 10.1. The number of pyridine rings is 1. The van der Waals surface area contributed by atoms with Crippen molar-refractivity contribution in [1.29, 1.82) is 0 Å².